The highest BCUT2D eigenvalue weighted by Gasteiger charge is 2.29. The highest BCUT2D eigenvalue weighted by molar-refractivity contribution is 7.09. The molecule has 29 heavy (non-hydrogen) atoms. The zero-order chi connectivity index (χ0) is 19.6. The number of hydrogen-bond donors (Lipinski definition) is 0. The lowest BCUT2D eigenvalue weighted by molar-refractivity contribution is 0.0151. The fourth-order valence-electron chi connectivity index (χ4n) is 3.23. The Labute approximate surface area is 172 Å². The summed E-state index contributed by atoms with van der Waals surface area (Å²) < 4.78 is 11.4. The Morgan fingerprint density at radius 2 is 2.03 bits per heavy atom. The topological polar surface area (TPSA) is 77.2 Å². The van der Waals surface area contributed by atoms with Crippen molar-refractivity contribution in [2.75, 3.05) is 13.1 Å². The van der Waals surface area contributed by atoms with Crippen molar-refractivity contribution >= 4 is 11.3 Å². The van der Waals surface area contributed by atoms with Crippen LogP contribution < -0.4 is 4.74 Å². The fraction of sp³-hybridized carbons (Fsp3) is 0.238. The van der Waals surface area contributed by atoms with E-state index in [1.54, 1.807) is 23.7 Å². The molecule has 1 fully saturated rings. The summed E-state index contributed by atoms with van der Waals surface area (Å²) in [6.45, 7) is 4.87. The molecule has 4 heterocycles. The summed E-state index contributed by atoms with van der Waals surface area (Å²) in [7, 11) is 0. The second-order valence-electron chi connectivity index (χ2n) is 6.98. The zero-order valence-electron chi connectivity index (χ0n) is 15.9. The van der Waals surface area contributed by atoms with Gasteiger partial charge in [0.05, 0.1) is 16.8 Å². The molecule has 4 aromatic rings. The van der Waals surface area contributed by atoms with Crippen molar-refractivity contribution in [1.82, 2.24) is 25.0 Å². The van der Waals surface area contributed by atoms with Crippen LogP contribution >= 0.6 is 11.3 Å². The van der Waals surface area contributed by atoms with Gasteiger partial charge < -0.3 is 9.26 Å². The van der Waals surface area contributed by atoms with Crippen LogP contribution in [0.5, 0.6) is 5.75 Å². The first kappa shape index (κ1) is 18.0. The number of nitrogens with zero attached hydrogens (tertiary/aromatic N) is 5. The van der Waals surface area contributed by atoms with Crippen LogP contribution in [-0.2, 0) is 6.54 Å². The average molecular weight is 405 g/mol. The summed E-state index contributed by atoms with van der Waals surface area (Å²) in [6.07, 6.45) is 3.63. The molecule has 1 aliphatic heterocycles. The Morgan fingerprint density at radius 3 is 2.76 bits per heavy atom. The van der Waals surface area contributed by atoms with Crippen molar-refractivity contribution in [3.05, 3.63) is 64.9 Å². The number of pyridine rings is 1. The second-order valence-corrected chi connectivity index (χ2v) is 7.92. The van der Waals surface area contributed by atoms with Crippen molar-refractivity contribution in [2.24, 2.45) is 0 Å². The van der Waals surface area contributed by atoms with Crippen molar-refractivity contribution < 1.29 is 9.26 Å². The molecule has 5 rings (SSSR count). The molecule has 1 aromatic carbocycles. The summed E-state index contributed by atoms with van der Waals surface area (Å²) in [5.41, 5.74) is 4.72. The Balaban J connectivity index is 1.17. The van der Waals surface area contributed by atoms with E-state index in [-0.39, 0.29) is 6.10 Å². The smallest absolute Gasteiger partial charge is 0.259 e. The minimum absolute atomic E-state index is 0.219. The molecule has 1 aliphatic rings. The maximum atomic E-state index is 6.07. The first-order valence-electron chi connectivity index (χ1n) is 9.37. The summed E-state index contributed by atoms with van der Waals surface area (Å²) in [4.78, 5) is 16.5. The molecular formula is C21H19N5O2S. The predicted molar refractivity (Wildman–Crippen MR) is 110 cm³/mol. The van der Waals surface area contributed by atoms with Crippen LogP contribution in [0.1, 0.15) is 10.6 Å². The number of thiazole rings is 1. The first-order chi connectivity index (χ1) is 14.2. The lowest BCUT2D eigenvalue weighted by Gasteiger charge is -2.38. The van der Waals surface area contributed by atoms with Gasteiger partial charge in [-0.3, -0.25) is 9.88 Å². The van der Waals surface area contributed by atoms with Crippen molar-refractivity contribution in [3.63, 3.8) is 0 Å². The maximum absolute atomic E-state index is 6.07. The van der Waals surface area contributed by atoms with Crippen LogP contribution in [0.2, 0.25) is 0 Å². The number of hydrogen-bond acceptors (Lipinski definition) is 8. The van der Waals surface area contributed by atoms with Gasteiger partial charge >= 0.3 is 0 Å². The molecule has 0 atom stereocenters. The number of benzene rings is 1. The van der Waals surface area contributed by atoms with Gasteiger partial charge in [-0.25, -0.2) is 4.98 Å². The van der Waals surface area contributed by atoms with Gasteiger partial charge in [0.15, 0.2) is 0 Å². The molecule has 0 N–H and O–H groups in total. The van der Waals surface area contributed by atoms with E-state index in [2.05, 4.69) is 31.9 Å². The van der Waals surface area contributed by atoms with Gasteiger partial charge in [0.25, 0.3) is 5.89 Å². The van der Waals surface area contributed by atoms with E-state index in [4.69, 9.17) is 9.26 Å². The van der Waals surface area contributed by atoms with Gasteiger partial charge in [0.2, 0.25) is 5.82 Å². The Morgan fingerprint density at radius 1 is 1.17 bits per heavy atom. The van der Waals surface area contributed by atoms with Crippen LogP contribution in [0.25, 0.3) is 22.8 Å². The van der Waals surface area contributed by atoms with Crippen LogP contribution in [-0.4, -0.2) is 44.2 Å². The lowest BCUT2D eigenvalue weighted by atomic mass is 10.1. The molecular weight excluding hydrogens is 386 g/mol. The van der Waals surface area contributed by atoms with Crippen molar-refractivity contribution in [3.8, 4) is 28.6 Å². The second kappa shape index (κ2) is 7.73. The summed E-state index contributed by atoms with van der Waals surface area (Å²) in [6, 6.07) is 11.5. The van der Waals surface area contributed by atoms with E-state index in [1.165, 1.54) is 4.88 Å². The van der Waals surface area contributed by atoms with Gasteiger partial charge in [-0.05, 0) is 43.3 Å². The van der Waals surface area contributed by atoms with Gasteiger partial charge in [-0.15, -0.1) is 11.3 Å². The third kappa shape index (κ3) is 3.90. The molecule has 0 unspecified atom stereocenters. The Hall–Kier alpha value is -3.10. The molecule has 7 nitrogen and oxygen atoms in total. The highest BCUT2D eigenvalue weighted by atomic mass is 32.1. The minimum atomic E-state index is 0.219. The van der Waals surface area contributed by atoms with E-state index in [0.29, 0.717) is 11.7 Å². The standard InChI is InChI=1S/C21H19N5O2S/c1-14-19(29-13-23-14)12-26-10-18(11-26)27-17-6-4-15(5-7-17)20-24-21(28-25-20)16-3-2-8-22-9-16/h2-9,13,18H,10-12H2,1H3. The molecule has 3 aromatic heterocycles. The van der Waals surface area contributed by atoms with Crippen molar-refractivity contribution in [1.29, 1.82) is 0 Å². The van der Waals surface area contributed by atoms with Gasteiger partial charge in [0, 0.05) is 42.5 Å². The van der Waals surface area contributed by atoms with Crippen LogP contribution in [0.4, 0.5) is 0 Å². The third-order valence-corrected chi connectivity index (χ3v) is 5.81. The fourth-order valence-corrected chi connectivity index (χ4v) is 4.05. The normalized spacial score (nSPS) is 14.7. The molecule has 8 heteroatoms. The summed E-state index contributed by atoms with van der Waals surface area (Å²) in [5.74, 6) is 1.85. The Kier molecular flexibility index (Phi) is 4.79. The third-order valence-electron chi connectivity index (χ3n) is 4.89. The van der Waals surface area contributed by atoms with E-state index < -0.39 is 0 Å². The average Bonchev–Trinajstić information content (AvgIpc) is 3.37. The quantitative estimate of drug-likeness (QED) is 0.482. The lowest BCUT2D eigenvalue weighted by Crippen LogP contribution is -2.53. The molecule has 1 saturated heterocycles. The van der Waals surface area contributed by atoms with Crippen LogP contribution in [0.3, 0.4) is 0 Å². The summed E-state index contributed by atoms with van der Waals surface area (Å²) in [5, 5.41) is 4.07. The number of aryl methyl sites for hydroxylation is 1. The van der Waals surface area contributed by atoms with Gasteiger partial charge in [0.1, 0.15) is 11.9 Å². The van der Waals surface area contributed by atoms with E-state index in [9.17, 15) is 0 Å². The number of ether oxygens (including phenoxy) is 1. The summed E-state index contributed by atoms with van der Waals surface area (Å²) >= 11 is 1.72. The minimum Gasteiger partial charge on any atom is -0.488 e. The van der Waals surface area contributed by atoms with Gasteiger partial charge in [-0.2, -0.15) is 4.98 Å². The van der Waals surface area contributed by atoms with E-state index in [1.807, 2.05) is 41.9 Å². The number of aromatic nitrogens is 4. The van der Waals surface area contributed by atoms with Crippen LogP contribution in [0.15, 0.2) is 58.8 Å². The predicted octanol–water partition coefficient (Wildman–Crippen LogP) is 3.83. The molecule has 0 aliphatic carbocycles. The molecule has 0 saturated carbocycles. The molecule has 0 spiro atoms. The number of likely N-dealkylation sites (tertiary alicyclic amines) is 1. The van der Waals surface area contributed by atoms with E-state index >= 15 is 0 Å². The molecule has 0 radical (unpaired) electrons. The molecule has 0 amide bonds. The van der Waals surface area contributed by atoms with Crippen LogP contribution in [0, 0.1) is 6.92 Å². The zero-order valence-corrected chi connectivity index (χ0v) is 16.7. The Bertz CT molecular complexity index is 1090. The first-order valence-corrected chi connectivity index (χ1v) is 10.2. The van der Waals surface area contributed by atoms with Gasteiger partial charge in [-0.1, -0.05) is 5.16 Å². The maximum Gasteiger partial charge on any atom is 0.259 e. The largest absolute Gasteiger partial charge is 0.488 e. The molecule has 0 bridgehead atoms. The number of rotatable bonds is 6. The SMILES string of the molecule is Cc1ncsc1CN1CC(Oc2ccc(-c3noc(-c4cccnc4)n3)cc2)C1. The monoisotopic (exact) mass is 405 g/mol. The van der Waals surface area contributed by atoms with Crippen molar-refractivity contribution in [2.45, 2.75) is 19.6 Å². The highest BCUT2D eigenvalue weighted by Crippen LogP contribution is 2.26. The van der Waals surface area contributed by atoms with E-state index in [0.717, 1.165) is 42.2 Å². The molecule has 146 valence electrons.